The number of rotatable bonds is 5. The van der Waals surface area contributed by atoms with E-state index >= 15 is 0 Å². The van der Waals surface area contributed by atoms with Crippen LogP contribution in [0.1, 0.15) is 54.4 Å². The first-order valence-electron chi connectivity index (χ1n) is 14.5. The van der Waals surface area contributed by atoms with E-state index in [0.717, 1.165) is 45.0 Å². The van der Waals surface area contributed by atoms with Gasteiger partial charge in [-0.15, -0.1) is 0 Å². The summed E-state index contributed by atoms with van der Waals surface area (Å²) in [6.45, 7) is 6.29. The first-order valence-corrected chi connectivity index (χ1v) is 14.9. The van der Waals surface area contributed by atoms with E-state index < -0.39 is 18.5 Å². The number of aromatic nitrogens is 1. The number of nitrogens with zero attached hydrogens (tertiary/aromatic N) is 1. The number of ether oxygens (including phenoxy) is 1. The van der Waals surface area contributed by atoms with E-state index in [9.17, 15) is 9.59 Å². The molecule has 0 spiro atoms. The van der Waals surface area contributed by atoms with Gasteiger partial charge in [0.25, 0.3) is 5.91 Å². The van der Waals surface area contributed by atoms with E-state index in [1.165, 1.54) is 0 Å². The van der Waals surface area contributed by atoms with Crippen molar-refractivity contribution in [2.75, 3.05) is 11.9 Å². The van der Waals surface area contributed by atoms with Crippen LogP contribution < -0.4 is 5.32 Å². The predicted octanol–water partition coefficient (Wildman–Crippen LogP) is 8.99. The molecule has 0 saturated heterocycles. The van der Waals surface area contributed by atoms with Gasteiger partial charge in [0.05, 0.1) is 16.8 Å². The van der Waals surface area contributed by atoms with Crippen LogP contribution in [-0.2, 0) is 16.0 Å². The highest BCUT2D eigenvalue weighted by Crippen LogP contribution is 2.45. The van der Waals surface area contributed by atoms with Gasteiger partial charge in [0.2, 0.25) is 0 Å². The molecule has 0 radical (unpaired) electrons. The zero-order chi connectivity index (χ0) is 30.1. The van der Waals surface area contributed by atoms with Crippen LogP contribution in [0.15, 0.2) is 91.0 Å². The smallest absolute Gasteiger partial charge is 0.339 e. The number of hydrogen-bond acceptors (Lipinski definition) is 4. The molecule has 6 rings (SSSR count). The number of esters is 1. The average Bonchev–Trinajstić information content (AvgIpc) is 2.99. The normalized spacial score (nSPS) is 15.8. The van der Waals surface area contributed by atoms with Crippen molar-refractivity contribution < 1.29 is 14.3 Å². The van der Waals surface area contributed by atoms with Gasteiger partial charge in [-0.1, -0.05) is 99.1 Å². The fraction of sp³-hybridized carbons (Fsp3) is 0.216. The molecule has 0 fully saturated rings. The van der Waals surface area contributed by atoms with Crippen molar-refractivity contribution >= 4 is 62.5 Å². The van der Waals surface area contributed by atoms with Crippen molar-refractivity contribution in [1.82, 2.24) is 4.98 Å². The molecule has 6 heteroatoms. The molecule has 4 aromatic carbocycles. The van der Waals surface area contributed by atoms with E-state index in [1.807, 2.05) is 91.0 Å². The number of nitrogens with one attached hydrogen (secondary N) is 1. The number of amides is 1. The Kier molecular flexibility index (Phi) is 7.76. The molecule has 0 bridgehead atoms. The number of fused-ring (bicyclic) bond motifs is 3. The van der Waals surface area contributed by atoms with Crippen LogP contribution in [0.25, 0.3) is 33.3 Å². The molecule has 43 heavy (non-hydrogen) atoms. The number of halogens is 1. The molecule has 216 valence electrons. The first kappa shape index (κ1) is 28.6. The Labute approximate surface area is 256 Å². The molecule has 1 atom stereocenters. The molecule has 1 amide bonds. The lowest BCUT2D eigenvalue weighted by atomic mass is 9.69. The number of carbonyl (C=O) groups is 2. The molecular formula is C37H33ClN2O3. The fourth-order valence-electron chi connectivity index (χ4n) is 5.85. The number of pyridine rings is 1. The molecule has 0 aliphatic heterocycles. The summed E-state index contributed by atoms with van der Waals surface area (Å²) in [5, 5.41) is 6.25. The monoisotopic (exact) mass is 588 g/mol. The summed E-state index contributed by atoms with van der Waals surface area (Å²) in [6.07, 6.45) is 3.65. The summed E-state index contributed by atoms with van der Waals surface area (Å²) in [5.41, 5.74) is 5.61. The Morgan fingerprint density at radius 3 is 2.37 bits per heavy atom. The van der Waals surface area contributed by atoms with Crippen LogP contribution >= 0.6 is 11.6 Å². The zero-order valence-electron chi connectivity index (χ0n) is 24.5. The minimum atomic E-state index is -0.525. The maximum absolute atomic E-state index is 13.9. The van der Waals surface area contributed by atoms with E-state index in [1.54, 1.807) is 0 Å². The molecular weight excluding hydrogens is 556 g/mol. The number of benzene rings is 4. The van der Waals surface area contributed by atoms with Gasteiger partial charge in [0.15, 0.2) is 6.61 Å². The maximum Gasteiger partial charge on any atom is 0.339 e. The van der Waals surface area contributed by atoms with Crippen molar-refractivity contribution in [3.8, 4) is 0 Å². The average molecular weight is 589 g/mol. The molecule has 5 aromatic rings. The predicted molar refractivity (Wildman–Crippen MR) is 175 cm³/mol. The number of allylic oxidation sites excluding steroid dienone is 1. The molecule has 1 aromatic heterocycles. The lowest BCUT2D eigenvalue weighted by Crippen LogP contribution is -2.29. The molecule has 1 N–H and O–H groups in total. The quantitative estimate of drug-likeness (QED) is 0.208. The van der Waals surface area contributed by atoms with Gasteiger partial charge in [-0.2, -0.15) is 0 Å². The third-order valence-corrected chi connectivity index (χ3v) is 8.50. The van der Waals surface area contributed by atoms with Crippen molar-refractivity contribution in [3.63, 3.8) is 0 Å². The second kappa shape index (κ2) is 11.7. The summed E-state index contributed by atoms with van der Waals surface area (Å²) >= 11 is 6.15. The van der Waals surface area contributed by atoms with E-state index in [2.05, 4.69) is 32.2 Å². The molecule has 0 saturated carbocycles. The van der Waals surface area contributed by atoms with Crippen LogP contribution in [0.4, 0.5) is 5.69 Å². The van der Waals surface area contributed by atoms with Gasteiger partial charge in [0, 0.05) is 21.5 Å². The Hall–Kier alpha value is -4.48. The van der Waals surface area contributed by atoms with Gasteiger partial charge in [-0.3, -0.25) is 4.79 Å². The SMILES string of the molecule is CC(C)(C)[C@H]1C/C(=C/c2ccc(Cl)cc2)c2nc3ccccc3c(C(=O)OCC(=O)Nc3cccc4ccccc34)c2C1. The lowest BCUT2D eigenvalue weighted by molar-refractivity contribution is -0.119. The van der Waals surface area contributed by atoms with Gasteiger partial charge in [0.1, 0.15) is 0 Å². The molecule has 1 aliphatic rings. The molecule has 1 heterocycles. The minimum Gasteiger partial charge on any atom is -0.452 e. The van der Waals surface area contributed by atoms with Crippen molar-refractivity contribution in [2.45, 2.75) is 33.6 Å². The summed E-state index contributed by atoms with van der Waals surface area (Å²) in [7, 11) is 0. The zero-order valence-corrected chi connectivity index (χ0v) is 25.2. The lowest BCUT2D eigenvalue weighted by Gasteiger charge is -2.36. The Morgan fingerprint density at radius 2 is 1.60 bits per heavy atom. The first-order chi connectivity index (χ1) is 20.7. The molecule has 5 nitrogen and oxygen atoms in total. The van der Waals surface area contributed by atoms with Gasteiger partial charge in [-0.05, 0) is 76.6 Å². The summed E-state index contributed by atoms with van der Waals surface area (Å²) < 4.78 is 5.72. The number of hydrogen-bond donors (Lipinski definition) is 1. The summed E-state index contributed by atoms with van der Waals surface area (Å²) in [5.74, 6) is -0.654. The third kappa shape index (κ3) is 6.04. The van der Waals surface area contributed by atoms with Gasteiger partial charge < -0.3 is 10.1 Å². The highest BCUT2D eigenvalue weighted by atomic mass is 35.5. The van der Waals surface area contributed by atoms with Crippen molar-refractivity contribution in [3.05, 3.63) is 118 Å². The highest BCUT2D eigenvalue weighted by Gasteiger charge is 2.35. The number of carbonyl (C=O) groups excluding carboxylic acids is 2. The third-order valence-electron chi connectivity index (χ3n) is 8.25. The topological polar surface area (TPSA) is 68.3 Å². The van der Waals surface area contributed by atoms with Gasteiger partial charge in [-0.25, -0.2) is 9.78 Å². The largest absolute Gasteiger partial charge is 0.452 e. The standard InChI is InChI=1S/C37H33ClN2O3/c1-37(2,3)26-20-25(19-23-15-17-27(38)18-16-23)35-30(21-26)34(29-12-6-7-13-32(29)40-35)36(42)43-22-33(41)39-31-14-8-10-24-9-4-5-11-28(24)31/h4-19,26H,20-22H2,1-3H3,(H,39,41)/b25-19-/t26-/m0/s1. The Balaban J connectivity index is 1.36. The van der Waals surface area contributed by atoms with E-state index in [4.69, 9.17) is 21.3 Å². The summed E-state index contributed by atoms with van der Waals surface area (Å²) in [4.78, 5) is 32.0. The Bertz CT molecular complexity index is 1880. The van der Waals surface area contributed by atoms with Crippen LogP contribution in [0.5, 0.6) is 0 Å². The van der Waals surface area contributed by atoms with Crippen LogP contribution in [-0.4, -0.2) is 23.5 Å². The number of para-hydroxylation sites is 1. The second-order valence-electron chi connectivity index (χ2n) is 12.2. The van der Waals surface area contributed by atoms with Crippen molar-refractivity contribution in [1.29, 1.82) is 0 Å². The van der Waals surface area contributed by atoms with Crippen LogP contribution in [0.3, 0.4) is 0 Å². The minimum absolute atomic E-state index is 0.0120. The fourth-order valence-corrected chi connectivity index (χ4v) is 5.98. The van der Waals surface area contributed by atoms with Crippen LogP contribution in [0.2, 0.25) is 5.02 Å². The number of anilines is 1. The second-order valence-corrected chi connectivity index (χ2v) is 12.6. The Morgan fingerprint density at radius 1 is 0.907 bits per heavy atom. The van der Waals surface area contributed by atoms with Crippen molar-refractivity contribution in [2.24, 2.45) is 11.3 Å². The molecule has 1 aliphatic carbocycles. The van der Waals surface area contributed by atoms with Gasteiger partial charge >= 0.3 is 5.97 Å². The van der Waals surface area contributed by atoms with E-state index in [0.29, 0.717) is 28.2 Å². The molecule has 0 unspecified atom stereocenters. The van der Waals surface area contributed by atoms with Crippen LogP contribution in [0, 0.1) is 11.3 Å². The van der Waals surface area contributed by atoms with E-state index in [-0.39, 0.29) is 11.3 Å². The summed E-state index contributed by atoms with van der Waals surface area (Å²) in [6, 6.07) is 28.9. The highest BCUT2D eigenvalue weighted by molar-refractivity contribution is 6.30. The maximum atomic E-state index is 13.9.